The van der Waals surface area contributed by atoms with Gasteiger partial charge in [-0.3, -0.25) is 0 Å². The maximum absolute atomic E-state index is 8.68. The summed E-state index contributed by atoms with van der Waals surface area (Å²) in [6, 6.07) is 3.80. The maximum atomic E-state index is 8.68. The lowest BCUT2D eigenvalue weighted by Gasteiger charge is -2.04. The second kappa shape index (κ2) is 3.93. The minimum absolute atomic E-state index is 0.0814. The zero-order valence-corrected chi connectivity index (χ0v) is 8.90. The molecule has 0 aliphatic rings. The van der Waals surface area contributed by atoms with E-state index in [-0.39, 0.29) is 6.61 Å². The summed E-state index contributed by atoms with van der Waals surface area (Å²) in [6.07, 6.45) is 1.47. The van der Waals surface area contributed by atoms with E-state index in [2.05, 4.69) is 31.3 Å². The molecule has 0 spiro atoms. The predicted octanol–water partition coefficient (Wildman–Crippen LogP) is 0.896. The number of fused-ring (bicyclic) bond motifs is 1. The molecule has 0 fully saturated rings. The van der Waals surface area contributed by atoms with E-state index in [1.807, 2.05) is 12.1 Å². The highest BCUT2D eigenvalue weighted by Gasteiger charge is 2.04. The molecule has 0 atom stereocenters. The Morgan fingerprint density at radius 1 is 1.50 bits per heavy atom. The third-order valence-electron chi connectivity index (χ3n) is 1.81. The Hall–Kier alpha value is -1.14. The maximum Gasteiger partial charge on any atom is 0.154 e. The van der Waals surface area contributed by atoms with Gasteiger partial charge in [-0.05, 0) is 28.1 Å². The summed E-state index contributed by atoms with van der Waals surface area (Å²) < 4.78 is 2.61. The zero-order valence-electron chi connectivity index (χ0n) is 7.31. The van der Waals surface area contributed by atoms with Crippen molar-refractivity contribution in [2.24, 2.45) is 0 Å². The van der Waals surface area contributed by atoms with Gasteiger partial charge in [0.2, 0.25) is 0 Å². The number of nitrogens with one attached hydrogen (secondary N) is 1. The van der Waals surface area contributed by atoms with Gasteiger partial charge in [0, 0.05) is 6.54 Å². The summed E-state index contributed by atoms with van der Waals surface area (Å²) in [5.74, 6) is 0.722. The average molecular weight is 257 g/mol. The van der Waals surface area contributed by atoms with Crippen LogP contribution >= 0.6 is 15.9 Å². The van der Waals surface area contributed by atoms with Gasteiger partial charge < -0.3 is 10.4 Å². The number of hydrogen-bond acceptors (Lipinski definition) is 4. The van der Waals surface area contributed by atoms with Crippen LogP contribution in [0.3, 0.4) is 0 Å². The Balaban J connectivity index is 2.44. The van der Waals surface area contributed by atoms with Crippen LogP contribution < -0.4 is 5.32 Å². The van der Waals surface area contributed by atoms with Crippen molar-refractivity contribution in [2.45, 2.75) is 0 Å². The minimum Gasteiger partial charge on any atom is -0.395 e. The van der Waals surface area contributed by atoms with E-state index < -0.39 is 0 Å². The van der Waals surface area contributed by atoms with Gasteiger partial charge in [-0.1, -0.05) is 0 Å². The smallest absolute Gasteiger partial charge is 0.154 e. The van der Waals surface area contributed by atoms with Gasteiger partial charge in [0.15, 0.2) is 5.82 Å². The van der Waals surface area contributed by atoms with Gasteiger partial charge in [-0.15, -0.1) is 0 Å². The van der Waals surface area contributed by atoms with Crippen LogP contribution in [-0.4, -0.2) is 32.9 Å². The molecule has 2 heterocycles. The van der Waals surface area contributed by atoms with Crippen LogP contribution in [0.2, 0.25) is 0 Å². The van der Waals surface area contributed by atoms with Crippen LogP contribution in [0.1, 0.15) is 0 Å². The normalized spacial score (nSPS) is 10.7. The third-order valence-corrected chi connectivity index (χ3v) is 2.41. The first kappa shape index (κ1) is 9.42. The van der Waals surface area contributed by atoms with Crippen molar-refractivity contribution in [3.63, 3.8) is 0 Å². The highest BCUT2D eigenvalue weighted by Crippen LogP contribution is 2.18. The number of halogens is 1. The summed E-state index contributed by atoms with van der Waals surface area (Å²) in [7, 11) is 0. The van der Waals surface area contributed by atoms with Crippen LogP contribution in [0.25, 0.3) is 5.52 Å². The molecule has 0 saturated carbocycles. The number of hydrogen-bond donors (Lipinski definition) is 2. The van der Waals surface area contributed by atoms with Crippen molar-refractivity contribution in [1.82, 2.24) is 14.6 Å². The molecule has 2 aromatic rings. The summed E-state index contributed by atoms with van der Waals surface area (Å²) in [5.41, 5.74) is 0.882. The molecule has 0 aliphatic carbocycles. The molecule has 6 heteroatoms. The fourth-order valence-electron chi connectivity index (χ4n) is 1.21. The van der Waals surface area contributed by atoms with Crippen LogP contribution in [0.15, 0.2) is 23.1 Å². The van der Waals surface area contributed by atoms with E-state index in [1.54, 1.807) is 4.52 Å². The monoisotopic (exact) mass is 256 g/mol. The van der Waals surface area contributed by atoms with Gasteiger partial charge >= 0.3 is 0 Å². The topological polar surface area (TPSA) is 62.5 Å². The van der Waals surface area contributed by atoms with E-state index in [1.165, 1.54) is 6.33 Å². The standard InChI is InChI=1S/C8H9BrN4O/c9-7-2-1-6-8(10-3-4-14)11-5-12-13(6)7/h1-2,5,14H,3-4H2,(H,10,11,12). The molecular formula is C8H9BrN4O. The van der Waals surface area contributed by atoms with E-state index in [4.69, 9.17) is 5.11 Å². The SMILES string of the molecule is OCCNc1ncnn2c(Br)ccc12. The highest BCUT2D eigenvalue weighted by molar-refractivity contribution is 9.10. The second-order valence-electron chi connectivity index (χ2n) is 2.71. The van der Waals surface area contributed by atoms with Crippen LogP contribution in [-0.2, 0) is 0 Å². The molecule has 0 amide bonds. The first-order valence-corrected chi connectivity index (χ1v) is 4.95. The van der Waals surface area contributed by atoms with Crippen molar-refractivity contribution >= 4 is 27.3 Å². The van der Waals surface area contributed by atoms with Crippen LogP contribution in [0, 0.1) is 0 Å². The van der Waals surface area contributed by atoms with E-state index in [0.29, 0.717) is 6.54 Å². The number of anilines is 1. The molecule has 2 rings (SSSR count). The number of aromatic nitrogens is 3. The average Bonchev–Trinajstić information content (AvgIpc) is 2.58. The Morgan fingerprint density at radius 3 is 3.14 bits per heavy atom. The van der Waals surface area contributed by atoms with Crippen molar-refractivity contribution < 1.29 is 5.11 Å². The molecule has 0 saturated heterocycles. The largest absolute Gasteiger partial charge is 0.395 e. The third kappa shape index (κ3) is 1.58. The first-order chi connectivity index (χ1) is 6.83. The Labute approximate surface area is 88.9 Å². The van der Waals surface area contributed by atoms with Gasteiger partial charge in [-0.2, -0.15) is 5.10 Å². The molecule has 14 heavy (non-hydrogen) atoms. The Kier molecular flexibility index (Phi) is 2.64. The summed E-state index contributed by atoms with van der Waals surface area (Å²) in [5, 5.41) is 15.8. The highest BCUT2D eigenvalue weighted by atomic mass is 79.9. The lowest BCUT2D eigenvalue weighted by molar-refractivity contribution is 0.311. The quantitative estimate of drug-likeness (QED) is 0.857. The van der Waals surface area contributed by atoms with Gasteiger partial charge in [0.25, 0.3) is 0 Å². The van der Waals surface area contributed by atoms with Gasteiger partial charge in [0.1, 0.15) is 16.4 Å². The van der Waals surface area contributed by atoms with Crippen molar-refractivity contribution in [3.8, 4) is 0 Å². The lowest BCUT2D eigenvalue weighted by Crippen LogP contribution is -2.08. The summed E-state index contributed by atoms with van der Waals surface area (Å²) >= 11 is 3.36. The summed E-state index contributed by atoms with van der Waals surface area (Å²) in [6.45, 7) is 0.563. The summed E-state index contributed by atoms with van der Waals surface area (Å²) in [4.78, 5) is 4.08. The van der Waals surface area contributed by atoms with E-state index in [0.717, 1.165) is 15.9 Å². The second-order valence-corrected chi connectivity index (χ2v) is 3.52. The predicted molar refractivity (Wildman–Crippen MR) is 56.3 cm³/mol. The van der Waals surface area contributed by atoms with Crippen molar-refractivity contribution in [3.05, 3.63) is 23.1 Å². The molecule has 0 radical (unpaired) electrons. The van der Waals surface area contributed by atoms with E-state index in [9.17, 15) is 0 Å². The molecule has 0 aromatic carbocycles. The lowest BCUT2D eigenvalue weighted by atomic mass is 10.5. The number of aliphatic hydroxyl groups excluding tert-OH is 1. The molecular weight excluding hydrogens is 248 g/mol. The van der Waals surface area contributed by atoms with Crippen molar-refractivity contribution in [2.75, 3.05) is 18.5 Å². The Bertz CT molecular complexity index is 442. The van der Waals surface area contributed by atoms with Crippen LogP contribution in [0.4, 0.5) is 5.82 Å². The van der Waals surface area contributed by atoms with Gasteiger partial charge in [-0.25, -0.2) is 9.50 Å². The molecule has 2 aromatic heterocycles. The Morgan fingerprint density at radius 2 is 2.36 bits per heavy atom. The number of nitrogens with zero attached hydrogens (tertiary/aromatic N) is 3. The molecule has 74 valence electrons. The van der Waals surface area contributed by atoms with E-state index >= 15 is 0 Å². The van der Waals surface area contributed by atoms with Crippen LogP contribution in [0.5, 0.6) is 0 Å². The fourth-order valence-corrected chi connectivity index (χ4v) is 1.63. The number of rotatable bonds is 3. The first-order valence-electron chi connectivity index (χ1n) is 4.16. The molecule has 2 N–H and O–H groups in total. The zero-order chi connectivity index (χ0) is 9.97. The molecule has 0 aliphatic heterocycles. The molecule has 0 bridgehead atoms. The van der Waals surface area contributed by atoms with Crippen molar-refractivity contribution in [1.29, 1.82) is 0 Å². The minimum atomic E-state index is 0.0814. The number of aliphatic hydroxyl groups is 1. The molecule has 0 unspecified atom stereocenters. The van der Waals surface area contributed by atoms with Gasteiger partial charge in [0.05, 0.1) is 6.61 Å². The molecule has 5 nitrogen and oxygen atoms in total. The fraction of sp³-hybridized carbons (Fsp3) is 0.250.